The van der Waals surface area contributed by atoms with Crippen LogP contribution in [0, 0.1) is 6.92 Å². The molecule has 0 radical (unpaired) electrons. The second kappa shape index (κ2) is 12.4. The van der Waals surface area contributed by atoms with Gasteiger partial charge in [-0.05, 0) is 62.2 Å². The Morgan fingerprint density at radius 2 is 1.59 bits per heavy atom. The first kappa shape index (κ1) is 28.5. The van der Waals surface area contributed by atoms with Crippen molar-refractivity contribution in [3.63, 3.8) is 0 Å². The lowest BCUT2D eigenvalue weighted by atomic mass is 10.1. The van der Waals surface area contributed by atoms with Crippen LogP contribution in [0.5, 0.6) is 0 Å². The van der Waals surface area contributed by atoms with Gasteiger partial charge in [0.05, 0.1) is 20.6 Å². The highest BCUT2D eigenvalue weighted by molar-refractivity contribution is 7.92. The Labute approximate surface area is 228 Å². The summed E-state index contributed by atoms with van der Waals surface area (Å²) in [6, 6.07) is 18.9. The number of rotatable bonds is 10. The molecule has 0 saturated carbocycles. The lowest BCUT2D eigenvalue weighted by Crippen LogP contribution is -2.51. The van der Waals surface area contributed by atoms with Crippen LogP contribution < -0.4 is 9.62 Å². The average molecular weight is 563 g/mol. The normalized spacial score (nSPS) is 12.0. The zero-order valence-electron chi connectivity index (χ0n) is 20.8. The minimum absolute atomic E-state index is 0.0288. The summed E-state index contributed by atoms with van der Waals surface area (Å²) in [5, 5.41) is 3.40. The van der Waals surface area contributed by atoms with Crippen molar-refractivity contribution in [2.24, 2.45) is 0 Å². The maximum Gasteiger partial charge on any atom is 0.264 e. The summed E-state index contributed by atoms with van der Waals surface area (Å²) in [7, 11) is -4.10. The van der Waals surface area contributed by atoms with Crippen LogP contribution >= 0.6 is 23.2 Å². The van der Waals surface area contributed by atoms with E-state index in [4.69, 9.17) is 23.2 Å². The van der Waals surface area contributed by atoms with Crippen LogP contribution in [0.15, 0.2) is 77.7 Å². The van der Waals surface area contributed by atoms with Gasteiger partial charge in [-0.3, -0.25) is 13.9 Å². The second-order valence-electron chi connectivity index (χ2n) is 8.45. The molecular formula is C27H29Cl2N3O4S. The Balaban J connectivity index is 2.04. The smallest absolute Gasteiger partial charge is 0.264 e. The lowest BCUT2D eigenvalue weighted by molar-refractivity contribution is -0.139. The van der Waals surface area contributed by atoms with Crippen LogP contribution in [0.3, 0.4) is 0 Å². The van der Waals surface area contributed by atoms with Crippen LogP contribution in [-0.4, -0.2) is 44.3 Å². The van der Waals surface area contributed by atoms with E-state index < -0.39 is 28.5 Å². The van der Waals surface area contributed by atoms with E-state index in [-0.39, 0.29) is 17.3 Å². The Hall–Kier alpha value is -3.07. The number of hydrogen-bond acceptors (Lipinski definition) is 4. The fourth-order valence-corrected chi connectivity index (χ4v) is 5.64. The van der Waals surface area contributed by atoms with Gasteiger partial charge in [-0.1, -0.05) is 65.7 Å². The predicted molar refractivity (Wildman–Crippen MR) is 147 cm³/mol. The van der Waals surface area contributed by atoms with E-state index in [0.717, 1.165) is 4.31 Å². The van der Waals surface area contributed by atoms with Crippen molar-refractivity contribution in [1.29, 1.82) is 0 Å². The van der Waals surface area contributed by atoms with Crippen LogP contribution in [0.1, 0.15) is 25.0 Å². The van der Waals surface area contributed by atoms with Crippen molar-refractivity contribution in [1.82, 2.24) is 10.2 Å². The molecule has 7 nitrogen and oxygen atoms in total. The van der Waals surface area contributed by atoms with Crippen molar-refractivity contribution < 1.29 is 18.0 Å². The number of nitrogens with zero attached hydrogens (tertiary/aromatic N) is 2. The molecule has 0 aliphatic carbocycles. The number of sulfonamides is 1. The number of amides is 2. The molecule has 37 heavy (non-hydrogen) atoms. The highest BCUT2D eigenvalue weighted by Gasteiger charge is 2.33. The molecule has 1 N–H and O–H groups in total. The van der Waals surface area contributed by atoms with Crippen molar-refractivity contribution in [2.45, 2.75) is 38.3 Å². The maximum atomic E-state index is 13.8. The number of halogens is 2. The molecule has 0 bridgehead atoms. The summed E-state index contributed by atoms with van der Waals surface area (Å²) in [6.07, 6.45) is 0. The third-order valence-corrected chi connectivity index (χ3v) is 8.36. The topological polar surface area (TPSA) is 86.8 Å². The lowest BCUT2D eigenvalue weighted by Gasteiger charge is -2.32. The molecule has 0 saturated heterocycles. The minimum Gasteiger partial charge on any atom is -0.355 e. The number of benzene rings is 3. The maximum absolute atomic E-state index is 13.8. The molecule has 2 amide bonds. The van der Waals surface area contributed by atoms with Crippen LogP contribution in [0.4, 0.5) is 5.69 Å². The molecule has 10 heteroatoms. The van der Waals surface area contributed by atoms with E-state index in [1.807, 2.05) is 0 Å². The summed E-state index contributed by atoms with van der Waals surface area (Å²) in [6.45, 7) is 5.06. The molecule has 1 atom stereocenters. The Bertz CT molecular complexity index is 1370. The summed E-state index contributed by atoms with van der Waals surface area (Å²) >= 11 is 12.2. The Kier molecular flexibility index (Phi) is 9.59. The van der Waals surface area contributed by atoms with Gasteiger partial charge in [0, 0.05) is 13.1 Å². The molecule has 0 spiro atoms. The van der Waals surface area contributed by atoms with E-state index in [0.29, 0.717) is 33.4 Å². The molecule has 0 aromatic heterocycles. The number of anilines is 1. The molecule has 0 fully saturated rings. The first-order valence-corrected chi connectivity index (χ1v) is 13.9. The second-order valence-corrected chi connectivity index (χ2v) is 11.1. The molecule has 3 aromatic rings. The molecule has 196 valence electrons. The van der Waals surface area contributed by atoms with Gasteiger partial charge in [-0.25, -0.2) is 8.42 Å². The molecule has 3 rings (SSSR count). The Morgan fingerprint density at radius 3 is 2.22 bits per heavy atom. The first-order chi connectivity index (χ1) is 17.6. The molecule has 1 unspecified atom stereocenters. The first-order valence-electron chi connectivity index (χ1n) is 11.7. The average Bonchev–Trinajstić information content (AvgIpc) is 2.88. The van der Waals surface area contributed by atoms with Gasteiger partial charge < -0.3 is 10.2 Å². The van der Waals surface area contributed by atoms with Crippen molar-refractivity contribution >= 4 is 50.7 Å². The largest absolute Gasteiger partial charge is 0.355 e. The SMILES string of the molecule is CCNC(=O)C(C)N(Cc1ccc(Cl)c(Cl)c1)C(=O)CN(c1ccccc1C)S(=O)(=O)c1ccccc1. The minimum atomic E-state index is -4.10. The predicted octanol–water partition coefficient (Wildman–Crippen LogP) is 5.05. The van der Waals surface area contributed by atoms with E-state index in [1.165, 1.54) is 17.0 Å². The molecular weight excluding hydrogens is 533 g/mol. The quantitative estimate of drug-likeness (QED) is 0.375. The number of carbonyl (C=O) groups excluding carboxylic acids is 2. The molecule has 0 heterocycles. The summed E-state index contributed by atoms with van der Waals surface area (Å²) in [4.78, 5) is 27.9. The number of para-hydroxylation sites is 1. The van der Waals surface area contributed by atoms with E-state index in [9.17, 15) is 18.0 Å². The van der Waals surface area contributed by atoms with Gasteiger partial charge in [0.2, 0.25) is 11.8 Å². The summed E-state index contributed by atoms with van der Waals surface area (Å²) in [5.74, 6) is -0.906. The zero-order chi connectivity index (χ0) is 27.2. The van der Waals surface area contributed by atoms with E-state index in [2.05, 4.69) is 5.32 Å². The van der Waals surface area contributed by atoms with E-state index in [1.54, 1.807) is 81.4 Å². The zero-order valence-corrected chi connectivity index (χ0v) is 23.1. The van der Waals surface area contributed by atoms with E-state index >= 15 is 0 Å². The van der Waals surface area contributed by atoms with Gasteiger partial charge in [-0.2, -0.15) is 0 Å². The van der Waals surface area contributed by atoms with Crippen molar-refractivity contribution in [2.75, 3.05) is 17.4 Å². The monoisotopic (exact) mass is 561 g/mol. The van der Waals surface area contributed by atoms with Gasteiger partial charge in [0.1, 0.15) is 12.6 Å². The number of likely N-dealkylation sites (N-methyl/N-ethyl adjacent to an activating group) is 1. The van der Waals surface area contributed by atoms with Crippen molar-refractivity contribution in [3.8, 4) is 0 Å². The highest BCUT2D eigenvalue weighted by Crippen LogP contribution is 2.28. The fraction of sp³-hybridized carbons (Fsp3) is 0.259. The highest BCUT2D eigenvalue weighted by atomic mass is 35.5. The van der Waals surface area contributed by atoms with Gasteiger partial charge >= 0.3 is 0 Å². The molecule has 3 aromatic carbocycles. The molecule has 0 aliphatic heterocycles. The van der Waals surface area contributed by atoms with Crippen LogP contribution in [0.25, 0.3) is 0 Å². The molecule has 0 aliphatic rings. The number of aryl methyl sites for hydroxylation is 1. The summed E-state index contributed by atoms with van der Waals surface area (Å²) < 4.78 is 28.6. The van der Waals surface area contributed by atoms with Gasteiger partial charge in [-0.15, -0.1) is 0 Å². The fourth-order valence-electron chi connectivity index (χ4n) is 3.82. The van der Waals surface area contributed by atoms with Gasteiger partial charge in [0.15, 0.2) is 0 Å². The number of carbonyl (C=O) groups is 2. The van der Waals surface area contributed by atoms with Crippen molar-refractivity contribution in [3.05, 3.63) is 94.0 Å². The number of hydrogen-bond donors (Lipinski definition) is 1. The third kappa shape index (κ3) is 6.83. The third-order valence-electron chi connectivity index (χ3n) is 5.85. The van der Waals surface area contributed by atoms with Crippen LogP contribution in [0.2, 0.25) is 10.0 Å². The summed E-state index contributed by atoms with van der Waals surface area (Å²) in [5.41, 5.74) is 1.70. The van der Waals surface area contributed by atoms with Crippen LogP contribution in [-0.2, 0) is 26.2 Å². The Morgan fingerprint density at radius 1 is 0.946 bits per heavy atom. The standard InChI is InChI=1S/C27H29Cl2N3O4S/c1-4-30-27(34)20(3)31(17-21-14-15-23(28)24(29)16-21)26(33)18-32(25-13-9-8-10-19(25)2)37(35,36)22-11-6-5-7-12-22/h5-16,20H,4,17-18H2,1-3H3,(H,30,34). The number of nitrogens with one attached hydrogen (secondary N) is 1. The van der Waals surface area contributed by atoms with Gasteiger partial charge in [0.25, 0.3) is 10.0 Å².